The zero-order valence-electron chi connectivity index (χ0n) is 15.1. The number of thiazole rings is 1. The first-order valence-electron chi connectivity index (χ1n) is 8.97. The molecule has 1 heterocycles. The largest absolute Gasteiger partial charge is 0.341 e. The van der Waals surface area contributed by atoms with Crippen molar-refractivity contribution in [3.63, 3.8) is 0 Å². The molecule has 138 valence electrons. The van der Waals surface area contributed by atoms with Gasteiger partial charge >= 0.3 is 0 Å². The average molecular weight is 385 g/mol. The average Bonchev–Trinajstić information content (AvgIpc) is 3.26. The monoisotopic (exact) mass is 385 g/mol. The Bertz CT molecular complexity index is 994. The van der Waals surface area contributed by atoms with Gasteiger partial charge in [-0.2, -0.15) is 0 Å². The molecule has 3 aromatic carbocycles. The van der Waals surface area contributed by atoms with Crippen molar-refractivity contribution in [1.29, 1.82) is 0 Å². The van der Waals surface area contributed by atoms with Crippen molar-refractivity contribution in [2.24, 2.45) is 0 Å². The molecule has 0 saturated carbocycles. The highest BCUT2D eigenvalue weighted by Crippen LogP contribution is 2.23. The van der Waals surface area contributed by atoms with Crippen molar-refractivity contribution in [1.82, 2.24) is 10.3 Å². The highest BCUT2D eigenvalue weighted by Gasteiger charge is 2.17. The number of hydrogen-bond donors (Lipinski definition) is 2. The molecule has 28 heavy (non-hydrogen) atoms. The number of carbonyl (C=O) groups is 1. The van der Waals surface area contributed by atoms with E-state index in [-0.39, 0.29) is 11.9 Å². The van der Waals surface area contributed by atoms with Gasteiger partial charge in [-0.3, -0.25) is 4.79 Å². The highest BCUT2D eigenvalue weighted by molar-refractivity contribution is 7.13. The fourth-order valence-electron chi connectivity index (χ4n) is 3.01. The van der Waals surface area contributed by atoms with Crippen LogP contribution in [0.5, 0.6) is 0 Å². The van der Waals surface area contributed by atoms with E-state index in [1.54, 1.807) is 6.20 Å². The molecule has 4 nitrogen and oxygen atoms in total. The van der Waals surface area contributed by atoms with Crippen molar-refractivity contribution in [2.75, 3.05) is 5.32 Å². The van der Waals surface area contributed by atoms with E-state index < -0.39 is 0 Å². The Morgan fingerprint density at radius 3 is 2.14 bits per heavy atom. The van der Waals surface area contributed by atoms with Gasteiger partial charge in [0.2, 0.25) is 0 Å². The van der Waals surface area contributed by atoms with Gasteiger partial charge < -0.3 is 10.6 Å². The third kappa shape index (κ3) is 4.27. The van der Waals surface area contributed by atoms with E-state index in [1.165, 1.54) is 11.3 Å². The molecular formula is C23H19N3OS. The minimum atomic E-state index is -0.217. The standard InChI is InChI=1S/C23H19N3OS/c27-22(19-12-7-13-20(16-19)25-23-24-14-15-28-23)26-21(17-8-3-1-4-9-17)18-10-5-2-6-11-18/h1-16,21H,(H,24,25)(H,26,27). The molecule has 4 rings (SSSR count). The molecule has 0 fully saturated rings. The molecule has 0 atom stereocenters. The summed E-state index contributed by atoms with van der Waals surface area (Å²) in [4.78, 5) is 17.2. The second kappa shape index (κ2) is 8.50. The summed E-state index contributed by atoms with van der Waals surface area (Å²) in [6.45, 7) is 0. The smallest absolute Gasteiger partial charge is 0.252 e. The molecule has 4 aromatic rings. The third-order valence-electron chi connectivity index (χ3n) is 4.35. The summed E-state index contributed by atoms with van der Waals surface area (Å²) in [5, 5.41) is 9.10. The molecule has 0 aliphatic carbocycles. The van der Waals surface area contributed by atoms with Crippen molar-refractivity contribution in [2.45, 2.75) is 6.04 Å². The van der Waals surface area contributed by atoms with E-state index in [0.29, 0.717) is 5.56 Å². The minimum absolute atomic E-state index is 0.125. The lowest BCUT2D eigenvalue weighted by atomic mass is 9.98. The molecule has 0 spiro atoms. The van der Waals surface area contributed by atoms with Crippen LogP contribution in [0, 0.1) is 0 Å². The summed E-state index contributed by atoms with van der Waals surface area (Å²) >= 11 is 1.51. The van der Waals surface area contributed by atoms with Gasteiger partial charge in [-0.1, -0.05) is 66.7 Å². The van der Waals surface area contributed by atoms with E-state index in [9.17, 15) is 4.79 Å². The van der Waals surface area contributed by atoms with Crippen molar-refractivity contribution < 1.29 is 4.79 Å². The number of anilines is 2. The summed E-state index contributed by atoms with van der Waals surface area (Å²) in [5.74, 6) is -0.125. The lowest BCUT2D eigenvalue weighted by Gasteiger charge is -2.20. The Morgan fingerprint density at radius 2 is 1.54 bits per heavy atom. The van der Waals surface area contributed by atoms with E-state index in [4.69, 9.17) is 0 Å². The predicted molar refractivity (Wildman–Crippen MR) is 114 cm³/mol. The molecule has 0 aliphatic heterocycles. The molecule has 1 aromatic heterocycles. The van der Waals surface area contributed by atoms with Gasteiger partial charge in [0.25, 0.3) is 5.91 Å². The Morgan fingerprint density at radius 1 is 0.857 bits per heavy atom. The second-order valence-electron chi connectivity index (χ2n) is 6.27. The first kappa shape index (κ1) is 17.9. The zero-order valence-corrected chi connectivity index (χ0v) is 15.9. The number of nitrogens with zero attached hydrogens (tertiary/aromatic N) is 1. The van der Waals surface area contributed by atoms with Crippen LogP contribution in [0.3, 0.4) is 0 Å². The molecule has 0 unspecified atom stereocenters. The van der Waals surface area contributed by atoms with Crippen LogP contribution < -0.4 is 10.6 Å². The summed E-state index contributed by atoms with van der Waals surface area (Å²) in [7, 11) is 0. The molecule has 1 amide bonds. The van der Waals surface area contributed by atoms with Gasteiger partial charge in [-0.05, 0) is 29.3 Å². The normalized spacial score (nSPS) is 10.6. The Kier molecular flexibility index (Phi) is 5.45. The summed E-state index contributed by atoms with van der Waals surface area (Å²) in [6.07, 6.45) is 1.74. The SMILES string of the molecule is O=C(NC(c1ccccc1)c1ccccc1)c1cccc(Nc2nccs2)c1. The molecule has 5 heteroatoms. The number of aromatic nitrogens is 1. The van der Waals surface area contributed by atoms with Crippen LogP contribution in [-0.2, 0) is 0 Å². The second-order valence-corrected chi connectivity index (χ2v) is 7.17. The van der Waals surface area contributed by atoms with Gasteiger partial charge in [0, 0.05) is 22.8 Å². The number of nitrogens with one attached hydrogen (secondary N) is 2. The Labute approximate surface area is 167 Å². The summed E-state index contributed by atoms with van der Waals surface area (Å²) in [5.41, 5.74) is 3.51. The predicted octanol–water partition coefficient (Wildman–Crippen LogP) is 5.41. The fourth-order valence-corrected chi connectivity index (χ4v) is 3.56. The van der Waals surface area contributed by atoms with Gasteiger partial charge in [0.05, 0.1) is 6.04 Å². The van der Waals surface area contributed by atoms with Gasteiger partial charge in [0.1, 0.15) is 0 Å². The molecule has 0 radical (unpaired) electrons. The van der Waals surface area contributed by atoms with Crippen molar-refractivity contribution in [3.05, 3.63) is 113 Å². The molecule has 0 saturated heterocycles. The van der Waals surface area contributed by atoms with E-state index in [2.05, 4.69) is 15.6 Å². The van der Waals surface area contributed by atoms with Gasteiger partial charge in [-0.25, -0.2) is 4.98 Å². The lowest BCUT2D eigenvalue weighted by Crippen LogP contribution is -2.29. The molecular weight excluding hydrogens is 366 g/mol. The number of amides is 1. The van der Waals surface area contributed by atoms with E-state index >= 15 is 0 Å². The molecule has 2 N–H and O–H groups in total. The number of rotatable bonds is 6. The Hall–Kier alpha value is -3.44. The van der Waals surface area contributed by atoms with Crippen LogP contribution in [0.4, 0.5) is 10.8 Å². The van der Waals surface area contributed by atoms with Crippen molar-refractivity contribution >= 4 is 28.1 Å². The highest BCUT2D eigenvalue weighted by atomic mass is 32.1. The molecule has 0 aliphatic rings. The summed E-state index contributed by atoms with van der Waals surface area (Å²) in [6, 6.07) is 27.2. The molecule has 0 bridgehead atoms. The quantitative estimate of drug-likeness (QED) is 0.467. The summed E-state index contributed by atoms with van der Waals surface area (Å²) < 4.78 is 0. The van der Waals surface area contributed by atoms with Gasteiger partial charge in [0.15, 0.2) is 5.13 Å². The first-order chi connectivity index (χ1) is 13.8. The maximum atomic E-state index is 13.0. The number of benzene rings is 3. The lowest BCUT2D eigenvalue weighted by molar-refractivity contribution is 0.0943. The topological polar surface area (TPSA) is 54.0 Å². The minimum Gasteiger partial charge on any atom is -0.341 e. The van der Waals surface area contributed by atoms with Crippen LogP contribution >= 0.6 is 11.3 Å². The van der Waals surface area contributed by atoms with Crippen LogP contribution in [0.1, 0.15) is 27.5 Å². The number of hydrogen-bond acceptors (Lipinski definition) is 4. The van der Waals surface area contributed by atoms with Crippen LogP contribution in [0.25, 0.3) is 0 Å². The van der Waals surface area contributed by atoms with Crippen LogP contribution in [0.2, 0.25) is 0 Å². The van der Waals surface area contributed by atoms with Crippen LogP contribution in [-0.4, -0.2) is 10.9 Å². The fraction of sp³-hybridized carbons (Fsp3) is 0.0435. The Balaban J connectivity index is 1.58. The van der Waals surface area contributed by atoms with Crippen molar-refractivity contribution in [3.8, 4) is 0 Å². The van der Waals surface area contributed by atoms with E-state index in [0.717, 1.165) is 21.9 Å². The number of carbonyl (C=O) groups excluding carboxylic acids is 1. The maximum absolute atomic E-state index is 13.0. The third-order valence-corrected chi connectivity index (χ3v) is 5.04. The van der Waals surface area contributed by atoms with Crippen LogP contribution in [0.15, 0.2) is 96.5 Å². The first-order valence-corrected chi connectivity index (χ1v) is 9.85. The van der Waals surface area contributed by atoms with E-state index in [1.807, 2.05) is 90.3 Å². The van der Waals surface area contributed by atoms with Gasteiger partial charge in [-0.15, -0.1) is 11.3 Å². The zero-order chi connectivity index (χ0) is 19.2. The maximum Gasteiger partial charge on any atom is 0.252 e.